The number of hydrogen-bond acceptors (Lipinski definition) is 6. The van der Waals surface area contributed by atoms with Gasteiger partial charge in [-0.3, -0.25) is 9.59 Å². The normalized spacial score (nSPS) is 19.5. The number of carboxylic acids is 1. The molecule has 2 amide bonds. The maximum Gasteiger partial charge on any atom is 0.337 e. The number of para-hydroxylation sites is 1. The zero-order valence-corrected chi connectivity index (χ0v) is 23.7. The molecule has 0 spiro atoms. The molecule has 43 heavy (non-hydrogen) atoms. The van der Waals surface area contributed by atoms with Gasteiger partial charge in [-0.15, -0.1) is 0 Å². The van der Waals surface area contributed by atoms with Crippen LogP contribution in [0.4, 0.5) is 10.1 Å². The Morgan fingerprint density at radius 3 is 2.63 bits per heavy atom. The van der Waals surface area contributed by atoms with Gasteiger partial charge in [-0.25, -0.2) is 9.18 Å². The molecule has 3 aliphatic heterocycles. The summed E-state index contributed by atoms with van der Waals surface area (Å²) in [4.78, 5) is 46.8. The standard InChI is InChI=1S/C32H28ClFN4O5/c33-24-9-4-8-22(28(24)34)26-17-27(43-37-26)31(40)38-16-13-20-19(18-11-14-35-15-12-18)6-3-7-21(20)29(38)30(39)36-25-10-2-1-5-23(25)32(41)42/h1-11,27,29,35H,12-17H2,(H,36,39)(H,41,42)/t27?,29-/m0/s1. The number of nitrogens with one attached hydrogen (secondary N) is 2. The predicted molar refractivity (Wildman–Crippen MR) is 160 cm³/mol. The van der Waals surface area contributed by atoms with Crippen LogP contribution in [0.1, 0.15) is 51.5 Å². The summed E-state index contributed by atoms with van der Waals surface area (Å²) in [7, 11) is 0. The number of benzene rings is 3. The van der Waals surface area contributed by atoms with Crippen LogP contribution in [0.3, 0.4) is 0 Å². The number of carboxylic acid groups (broad SMARTS) is 1. The average Bonchev–Trinajstić information content (AvgIpc) is 3.52. The second kappa shape index (κ2) is 12.0. The van der Waals surface area contributed by atoms with Crippen LogP contribution in [0.5, 0.6) is 0 Å². The highest BCUT2D eigenvalue weighted by Crippen LogP contribution is 2.38. The lowest BCUT2D eigenvalue weighted by Gasteiger charge is -2.38. The first-order valence-electron chi connectivity index (χ1n) is 14.0. The molecular weight excluding hydrogens is 575 g/mol. The summed E-state index contributed by atoms with van der Waals surface area (Å²) in [6, 6.07) is 15.3. The topological polar surface area (TPSA) is 120 Å². The van der Waals surface area contributed by atoms with E-state index in [1.54, 1.807) is 18.2 Å². The van der Waals surface area contributed by atoms with Gasteiger partial charge in [-0.1, -0.05) is 59.2 Å². The predicted octanol–water partition coefficient (Wildman–Crippen LogP) is 4.81. The van der Waals surface area contributed by atoms with E-state index in [9.17, 15) is 23.9 Å². The Labute approximate surface area is 252 Å². The fourth-order valence-corrected chi connectivity index (χ4v) is 6.09. The Morgan fingerprint density at radius 1 is 1.05 bits per heavy atom. The smallest absolute Gasteiger partial charge is 0.337 e. The van der Waals surface area contributed by atoms with E-state index in [1.165, 1.54) is 34.7 Å². The Bertz CT molecular complexity index is 1690. The fourth-order valence-electron chi connectivity index (χ4n) is 5.92. The Morgan fingerprint density at radius 2 is 1.84 bits per heavy atom. The minimum atomic E-state index is -1.19. The minimum absolute atomic E-state index is 0.00440. The van der Waals surface area contributed by atoms with Gasteiger partial charge < -0.3 is 25.5 Å². The number of aromatic carboxylic acids is 1. The molecule has 0 aromatic heterocycles. The van der Waals surface area contributed by atoms with Gasteiger partial charge in [0, 0.05) is 25.1 Å². The number of carbonyl (C=O) groups is 3. The van der Waals surface area contributed by atoms with Crippen molar-refractivity contribution in [2.24, 2.45) is 5.16 Å². The van der Waals surface area contributed by atoms with Crippen molar-refractivity contribution in [1.29, 1.82) is 0 Å². The van der Waals surface area contributed by atoms with Crippen LogP contribution in [-0.4, -0.2) is 59.2 Å². The third-order valence-corrected chi connectivity index (χ3v) is 8.28. The number of amides is 2. The van der Waals surface area contributed by atoms with E-state index in [4.69, 9.17) is 16.4 Å². The molecule has 3 aromatic rings. The number of carbonyl (C=O) groups excluding carboxylic acids is 2. The zero-order chi connectivity index (χ0) is 30.1. The molecule has 0 radical (unpaired) electrons. The summed E-state index contributed by atoms with van der Waals surface area (Å²) >= 11 is 5.95. The van der Waals surface area contributed by atoms with Crippen molar-refractivity contribution in [2.45, 2.75) is 31.4 Å². The van der Waals surface area contributed by atoms with Gasteiger partial charge in [-0.05, 0) is 65.9 Å². The molecule has 0 saturated heterocycles. The summed E-state index contributed by atoms with van der Waals surface area (Å²) in [5.74, 6) is -2.88. The Hall–Kier alpha value is -4.54. The molecule has 3 N–H and O–H groups in total. The number of hydrogen-bond donors (Lipinski definition) is 3. The molecule has 0 fully saturated rings. The van der Waals surface area contributed by atoms with E-state index in [2.05, 4.69) is 21.9 Å². The highest BCUT2D eigenvalue weighted by atomic mass is 35.5. The average molecular weight is 603 g/mol. The van der Waals surface area contributed by atoms with E-state index in [0.717, 1.165) is 30.6 Å². The molecule has 9 nitrogen and oxygen atoms in total. The molecule has 3 aromatic carbocycles. The first-order chi connectivity index (χ1) is 20.8. The van der Waals surface area contributed by atoms with Crippen molar-refractivity contribution < 1.29 is 28.7 Å². The minimum Gasteiger partial charge on any atom is -0.478 e. The lowest BCUT2D eigenvalue weighted by Crippen LogP contribution is -2.49. The molecule has 3 heterocycles. The quantitative estimate of drug-likeness (QED) is 0.372. The summed E-state index contributed by atoms with van der Waals surface area (Å²) < 4.78 is 14.7. The molecule has 1 unspecified atom stereocenters. The molecule has 11 heteroatoms. The van der Waals surface area contributed by atoms with Crippen molar-refractivity contribution >= 4 is 46.4 Å². The van der Waals surface area contributed by atoms with E-state index in [0.29, 0.717) is 12.0 Å². The van der Waals surface area contributed by atoms with Crippen LogP contribution in [-0.2, 0) is 20.8 Å². The van der Waals surface area contributed by atoms with Crippen molar-refractivity contribution in [3.8, 4) is 0 Å². The maximum absolute atomic E-state index is 14.7. The van der Waals surface area contributed by atoms with Gasteiger partial charge in [0.15, 0.2) is 5.82 Å². The summed E-state index contributed by atoms with van der Waals surface area (Å²) in [5.41, 5.74) is 4.27. The van der Waals surface area contributed by atoms with E-state index < -0.39 is 35.7 Å². The molecule has 3 aliphatic rings. The van der Waals surface area contributed by atoms with Gasteiger partial charge >= 0.3 is 5.97 Å². The van der Waals surface area contributed by atoms with Crippen molar-refractivity contribution in [1.82, 2.24) is 10.2 Å². The van der Waals surface area contributed by atoms with Gasteiger partial charge in [0.05, 0.1) is 22.0 Å². The Balaban J connectivity index is 1.34. The monoisotopic (exact) mass is 602 g/mol. The fraction of sp³-hybridized carbons (Fsp3) is 0.250. The maximum atomic E-state index is 14.7. The molecule has 2 atom stereocenters. The molecule has 0 aliphatic carbocycles. The number of oxime groups is 1. The number of nitrogens with zero attached hydrogens (tertiary/aromatic N) is 2. The number of fused-ring (bicyclic) bond motifs is 1. The lowest BCUT2D eigenvalue weighted by atomic mass is 9.84. The van der Waals surface area contributed by atoms with Crippen molar-refractivity contribution in [3.63, 3.8) is 0 Å². The lowest BCUT2D eigenvalue weighted by molar-refractivity contribution is -0.148. The van der Waals surface area contributed by atoms with Crippen LogP contribution in [0.25, 0.3) is 5.57 Å². The van der Waals surface area contributed by atoms with Gasteiger partial charge in [-0.2, -0.15) is 0 Å². The molecule has 6 rings (SSSR count). The van der Waals surface area contributed by atoms with E-state index in [1.807, 2.05) is 18.2 Å². The third-order valence-electron chi connectivity index (χ3n) is 7.98. The van der Waals surface area contributed by atoms with Crippen LogP contribution in [0.2, 0.25) is 5.02 Å². The first kappa shape index (κ1) is 28.6. The molecule has 0 saturated carbocycles. The number of rotatable bonds is 6. The highest BCUT2D eigenvalue weighted by Gasteiger charge is 2.42. The second-order valence-corrected chi connectivity index (χ2v) is 10.9. The largest absolute Gasteiger partial charge is 0.478 e. The second-order valence-electron chi connectivity index (χ2n) is 10.5. The van der Waals surface area contributed by atoms with Gasteiger partial charge in [0.2, 0.25) is 6.10 Å². The first-order valence-corrected chi connectivity index (χ1v) is 14.3. The van der Waals surface area contributed by atoms with Crippen LogP contribution >= 0.6 is 11.6 Å². The summed E-state index contributed by atoms with van der Waals surface area (Å²) in [6.45, 7) is 1.80. The molecule has 220 valence electrons. The van der Waals surface area contributed by atoms with E-state index >= 15 is 0 Å². The van der Waals surface area contributed by atoms with E-state index in [-0.39, 0.29) is 40.5 Å². The summed E-state index contributed by atoms with van der Waals surface area (Å²) in [5, 5.41) is 19.7. The van der Waals surface area contributed by atoms with Crippen molar-refractivity contribution in [3.05, 3.63) is 105 Å². The van der Waals surface area contributed by atoms with Crippen LogP contribution in [0.15, 0.2) is 71.9 Å². The van der Waals surface area contributed by atoms with Crippen LogP contribution < -0.4 is 10.6 Å². The van der Waals surface area contributed by atoms with Crippen molar-refractivity contribution in [2.75, 3.05) is 25.0 Å². The Kier molecular flexibility index (Phi) is 7.96. The zero-order valence-electron chi connectivity index (χ0n) is 23.0. The van der Waals surface area contributed by atoms with Gasteiger partial charge in [0.25, 0.3) is 11.8 Å². The molecular formula is C32H28ClFN4O5. The third kappa shape index (κ3) is 5.51. The number of halogens is 2. The SMILES string of the molecule is O=C(O)c1ccccc1NC(=O)[C@@H]1c2cccc(C3=CCNCC3)c2CCN1C(=O)C1CC(c2cccc(Cl)c2F)=NO1. The van der Waals surface area contributed by atoms with Gasteiger partial charge in [0.1, 0.15) is 6.04 Å². The molecule has 0 bridgehead atoms. The number of anilines is 1. The highest BCUT2D eigenvalue weighted by molar-refractivity contribution is 6.31. The van der Waals surface area contributed by atoms with Crippen LogP contribution in [0, 0.1) is 5.82 Å². The summed E-state index contributed by atoms with van der Waals surface area (Å²) in [6.07, 6.45) is 2.38.